The molecule has 2 N–H and O–H groups in total. The maximum Gasteiger partial charge on any atom is 0.232 e. The molecule has 1 atom stereocenters. The number of hydrogen-bond donors (Lipinski definition) is 2. The lowest BCUT2D eigenvalue weighted by atomic mass is 10.0. The van der Waals surface area contributed by atoms with Crippen LogP contribution in [0.1, 0.15) is 12.0 Å². The van der Waals surface area contributed by atoms with Gasteiger partial charge in [-0.3, -0.25) is 14.9 Å². The van der Waals surface area contributed by atoms with E-state index in [0.717, 1.165) is 6.42 Å². The molecular formula is C15H17N5O2. The fourth-order valence-electron chi connectivity index (χ4n) is 2.44. The largest absolute Gasteiger partial charge is 0.356 e. The molecule has 1 aliphatic heterocycles. The second-order valence-corrected chi connectivity index (χ2v) is 5.24. The van der Waals surface area contributed by atoms with Crippen molar-refractivity contribution in [3.8, 4) is 0 Å². The number of benzene rings is 1. The average molecular weight is 299 g/mol. The summed E-state index contributed by atoms with van der Waals surface area (Å²) < 4.78 is 1.60. The third-order valence-corrected chi connectivity index (χ3v) is 3.63. The molecule has 2 amide bonds. The molecule has 22 heavy (non-hydrogen) atoms. The van der Waals surface area contributed by atoms with Gasteiger partial charge in [0, 0.05) is 13.0 Å². The van der Waals surface area contributed by atoms with Gasteiger partial charge >= 0.3 is 0 Å². The van der Waals surface area contributed by atoms with E-state index < -0.39 is 5.92 Å². The normalized spacial score (nSPS) is 16.7. The number of aromatic nitrogens is 3. The predicted octanol–water partition coefficient (Wildman–Crippen LogP) is 0.595. The van der Waals surface area contributed by atoms with E-state index in [2.05, 4.69) is 20.7 Å². The highest BCUT2D eigenvalue weighted by molar-refractivity contribution is 5.94. The number of carbonyl (C=O) groups excluding carboxylic acids is 2. The topological polar surface area (TPSA) is 88.9 Å². The van der Waals surface area contributed by atoms with Crippen LogP contribution in [0.25, 0.3) is 0 Å². The van der Waals surface area contributed by atoms with Crippen molar-refractivity contribution < 1.29 is 9.59 Å². The molecule has 114 valence electrons. The molecule has 0 bridgehead atoms. The minimum absolute atomic E-state index is 0.125. The van der Waals surface area contributed by atoms with Gasteiger partial charge in [-0.25, -0.2) is 4.68 Å². The zero-order valence-electron chi connectivity index (χ0n) is 12.0. The summed E-state index contributed by atoms with van der Waals surface area (Å²) in [5.41, 5.74) is 1.17. The van der Waals surface area contributed by atoms with E-state index >= 15 is 0 Å². The zero-order chi connectivity index (χ0) is 15.4. The summed E-state index contributed by atoms with van der Waals surface area (Å²) in [7, 11) is 0. The smallest absolute Gasteiger partial charge is 0.232 e. The van der Waals surface area contributed by atoms with Gasteiger partial charge in [0.1, 0.15) is 6.33 Å². The number of nitrogens with zero attached hydrogens (tertiary/aromatic N) is 3. The van der Waals surface area contributed by atoms with Gasteiger partial charge in [-0.2, -0.15) is 10.1 Å². The van der Waals surface area contributed by atoms with E-state index in [0.29, 0.717) is 19.0 Å². The molecule has 7 nitrogen and oxygen atoms in total. The maximum absolute atomic E-state index is 12.0. The first-order valence-electron chi connectivity index (χ1n) is 7.21. The van der Waals surface area contributed by atoms with Gasteiger partial charge < -0.3 is 5.32 Å². The van der Waals surface area contributed by atoms with Crippen molar-refractivity contribution >= 4 is 17.8 Å². The molecule has 0 saturated carbocycles. The Morgan fingerprint density at radius 2 is 2.18 bits per heavy atom. The summed E-state index contributed by atoms with van der Waals surface area (Å²) in [6, 6.07) is 9.95. The SMILES string of the molecule is O=C(C[C@H]1Cn2ncnc2NC1=O)NCCc1ccccc1. The van der Waals surface area contributed by atoms with Crippen LogP contribution in [0.3, 0.4) is 0 Å². The zero-order valence-corrected chi connectivity index (χ0v) is 12.0. The van der Waals surface area contributed by atoms with Crippen LogP contribution in [0.4, 0.5) is 5.95 Å². The van der Waals surface area contributed by atoms with Crippen molar-refractivity contribution in [3.63, 3.8) is 0 Å². The van der Waals surface area contributed by atoms with Crippen LogP contribution in [0, 0.1) is 5.92 Å². The molecule has 0 radical (unpaired) electrons. The molecule has 7 heteroatoms. The molecule has 1 aromatic heterocycles. The summed E-state index contributed by atoms with van der Waals surface area (Å²) >= 11 is 0. The Kier molecular flexibility index (Phi) is 4.13. The van der Waals surface area contributed by atoms with E-state index in [1.54, 1.807) is 4.68 Å². The molecule has 0 unspecified atom stereocenters. The monoisotopic (exact) mass is 299 g/mol. The number of fused-ring (bicyclic) bond motifs is 1. The molecule has 0 fully saturated rings. The third-order valence-electron chi connectivity index (χ3n) is 3.63. The summed E-state index contributed by atoms with van der Waals surface area (Å²) in [5, 5.41) is 9.51. The highest BCUT2D eigenvalue weighted by atomic mass is 16.2. The number of hydrogen-bond acceptors (Lipinski definition) is 4. The van der Waals surface area contributed by atoms with E-state index in [4.69, 9.17) is 0 Å². The van der Waals surface area contributed by atoms with Crippen molar-refractivity contribution in [1.29, 1.82) is 0 Å². The number of anilines is 1. The van der Waals surface area contributed by atoms with Gasteiger partial charge in [0.05, 0.1) is 12.5 Å². The Labute approximate surface area is 127 Å². The van der Waals surface area contributed by atoms with Gasteiger partial charge in [0.15, 0.2) is 0 Å². The van der Waals surface area contributed by atoms with E-state index in [-0.39, 0.29) is 18.2 Å². The van der Waals surface area contributed by atoms with Gasteiger partial charge in [-0.15, -0.1) is 0 Å². The average Bonchev–Trinajstić information content (AvgIpc) is 2.96. The molecular weight excluding hydrogens is 282 g/mol. The Hall–Kier alpha value is -2.70. The van der Waals surface area contributed by atoms with Crippen LogP contribution in [0.5, 0.6) is 0 Å². The van der Waals surface area contributed by atoms with Crippen LogP contribution < -0.4 is 10.6 Å². The summed E-state index contributed by atoms with van der Waals surface area (Å²) in [5.74, 6) is -0.282. The van der Waals surface area contributed by atoms with Crippen LogP contribution in [0.2, 0.25) is 0 Å². The third kappa shape index (κ3) is 3.30. The molecule has 1 aliphatic rings. The summed E-state index contributed by atoms with van der Waals surface area (Å²) in [6.07, 6.45) is 2.31. The van der Waals surface area contributed by atoms with Gasteiger partial charge in [0.2, 0.25) is 17.8 Å². The molecule has 2 aromatic rings. The summed E-state index contributed by atoms with van der Waals surface area (Å²) in [4.78, 5) is 27.8. The van der Waals surface area contributed by atoms with Crippen LogP contribution in [-0.2, 0) is 22.6 Å². The molecule has 3 rings (SSSR count). The molecule has 1 aromatic carbocycles. The first kappa shape index (κ1) is 14.2. The van der Waals surface area contributed by atoms with Crippen LogP contribution >= 0.6 is 0 Å². The number of nitrogens with one attached hydrogen (secondary N) is 2. The number of amides is 2. The van der Waals surface area contributed by atoms with Gasteiger partial charge in [0.25, 0.3) is 0 Å². The van der Waals surface area contributed by atoms with E-state index in [9.17, 15) is 9.59 Å². The second-order valence-electron chi connectivity index (χ2n) is 5.24. The Morgan fingerprint density at radius 1 is 1.36 bits per heavy atom. The Balaban J connectivity index is 1.47. The standard InChI is InChI=1S/C15H17N5O2/c21-13(16-7-6-11-4-2-1-3-5-11)8-12-9-20-15(17-10-18-20)19-14(12)22/h1-5,10,12H,6-9H2,(H,16,21)(H,17,18,19,22)/t12-/m0/s1. The Bertz CT molecular complexity index is 668. The van der Waals surface area contributed by atoms with E-state index in [1.165, 1.54) is 11.9 Å². The van der Waals surface area contributed by atoms with Crippen molar-refractivity contribution in [1.82, 2.24) is 20.1 Å². The van der Waals surface area contributed by atoms with Crippen molar-refractivity contribution in [3.05, 3.63) is 42.2 Å². The van der Waals surface area contributed by atoms with Crippen LogP contribution in [0.15, 0.2) is 36.7 Å². The second kappa shape index (κ2) is 6.38. The molecule has 0 aliphatic carbocycles. The van der Waals surface area contributed by atoms with Gasteiger partial charge in [-0.1, -0.05) is 30.3 Å². The minimum atomic E-state index is -0.411. The predicted molar refractivity (Wildman–Crippen MR) is 79.9 cm³/mol. The van der Waals surface area contributed by atoms with Crippen molar-refractivity contribution in [2.75, 3.05) is 11.9 Å². The van der Waals surface area contributed by atoms with Gasteiger partial charge in [-0.05, 0) is 12.0 Å². The lowest BCUT2D eigenvalue weighted by Crippen LogP contribution is -2.38. The molecule has 0 saturated heterocycles. The summed E-state index contributed by atoms with van der Waals surface area (Å²) in [6.45, 7) is 0.943. The lowest BCUT2D eigenvalue weighted by molar-refractivity contribution is -0.128. The highest BCUT2D eigenvalue weighted by Crippen LogP contribution is 2.17. The van der Waals surface area contributed by atoms with Crippen LogP contribution in [-0.4, -0.2) is 33.1 Å². The molecule has 2 heterocycles. The number of rotatable bonds is 5. The quantitative estimate of drug-likeness (QED) is 0.846. The first-order valence-corrected chi connectivity index (χ1v) is 7.21. The van der Waals surface area contributed by atoms with Crippen molar-refractivity contribution in [2.24, 2.45) is 5.92 Å². The first-order chi connectivity index (χ1) is 10.7. The lowest BCUT2D eigenvalue weighted by Gasteiger charge is -2.21. The van der Waals surface area contributed by atoms with E-state index in [1.807, 2.05) is 30.3 Å². The fraction of sp³-hybridized carbons (Fsp3) is 0.333. The Morgan fingerprint density at radius 3 is 3.00 bits per heavy atom. The number of carbonyl (C=O) groups is 2. The minimum Gasteiger partial charge on any atom is -0.356 e. The fourth-order valence-corrected chi connectivity index (χ4v) is 2.44. The molecule has 0 spiro atoms. The highest BCUT2D eigenvalue weighted by Gasteiger charge is 2.29. The van der Waals surface area contributed by atoms with Crippen molar-refractivity contribution in [2.45, 2.75) is 19.4 Å². The maximum atomic E-state index is 12.0.